The van der Waals surface area contributed by atoms with Crippen molar-refractivity contribution in [3.8, 4) is 11.5 Å². The van der Waals surface area contributed by atoms with Crippen LogP contribution in [0.5, 0.6) is 11.5 Å². The lowest BCUT2D eigenvalue weighted by Gasteiger charge is -2.43. The third kappa shape index (κ3) is 3.42. The van der Waals surface area contributed by atoms with E-state index in [1.165, 1.54) is 24.8 Å². The number of hydrogen-bond acceptors (Lipinski definition) is 7. The van der Waals surface area contributed by atoms with Crippen molar-refractivity contribution in [2.24, 2.45) is 0 Å². The normalized spacial score (nSPS) is 29.2. The zero-order valence-corrected chi connectivity index (χ0v) is 17.1. The molecule has 2 aliphatic heterocycles. The molecule has 7 heteroatoms. The Morgan fingerprint density at radius 2 is 1.76 bits per heavy atom. The van der Waals surface area contributed by atoms with Crippen molar-refractivity contribution in [2.75, 3.05) is 32.2 Å². The van der Waals surface area contributed by atoms with E-state index < -0.39 is 0 Å². The number of ether oxygens (including phenoxy) is 2. The summed E-state index contributed by atoms with van der Waals surface area (Å²) in [5.41, 5.74) is 2.42. The molecule has 7 nitrogen and oxygen atoms in total. The number of aromatic nitrogens is 2. The number of fused-ring (bicyclic) bond motifs is 3. The Labute approximate surface area is 172 Å². The van der Waals surface area contributed by atoms with Gasteiger partial charge >= 0.3 is 0 Å². The molecule has 4 heterocycles. The van der Waals surface area contributed by atoms with Crippen LogP contribution in [0.2, 0.25) is 0 Å². The van der Waals surface area contributed by atoms with Gasteiger partial charge < -0.3 is 14.4 Å². The van der Waals surface area contributed by atoms with Gasteiger partial charge in [0.15, 0.2) is 0 Å². The Morgan fingerprint density at radius 1 is 0.966 bits per heavy atom. The van der Waals surface area contributed by atoms with Crippen LogP contribution in [0.1, 0.15) is 37.2 Å². The molecule has 4 atom stereocenters. The molecule has 0 aromatic carbocycles. The fourth-order valence-corrected chi connectivity index (χ4v) is 5.32. The van der Waals surface area contributed by atoms with E-state index >= 15 is 0 Å². The van der Waals surface area contributed by atoms with Gasteiger partial charge in [0.1, 0.15) is 17.8 Å². The first kappa shape index (κ1) is 18.6. The second-order valence-corrected chi connectivity index (χ2v) is 8.25. The highest BCUT2D eigenvalue weighted by atomic mass is 16.5. The first-order valence-electron chi connectivity index (χ1n) is 10.5. The summed E-state index contributed by atoms with van der Waals surface area (Å²) in [6.45, 7) is 2.18. The molecule has 1 aliphatic carbocycles. The van der Waals surface area contributed by atoms with E-state index in [0.29, 0.717) is 18.0 Å². The van der Waals surface area contributed by atoms with Gasteiger partial charge in [-0.15, -0.1) is 0 Å². The van der Waals surface area contributed by atoms with Crippen LogP contribution in [0, 0.1) is 0 Å². The lowest BCUT2D eigenvalue weighted by atomic mass is 9.79. The monoisotopic (exact) mass is 395 g/mol. The lowest BCUT2D eigenvalue weighted by Crippen LogP contribution is -2.56. The number of hydrogen-bond donors (Lipinski definition) is 1. The topological polar surface area (TPSA) is 62.8 Å². The molecular weight excluding hydrogens is 366 g/mol. The van der Waals surface area contributed by atoms with Crippen molar-refractivity contribution in [3.63, 3.8) is 0 Å². The molecule has 0 bridgehead atoms. The van der Waals surface area contributed by atoms with Crippen LogP contribution in [0.4, 0.5) is 5.69 Å². The Bertz CT molecular complexity index is 863. The minimum Gasteiger partial charge on any atom is -0.495 e. The van der Waals surface area contributed by atoms with E-state index in [-0.39, 0.29) is 6.29 Å². The molecule has 3 aliphatic rings. The number of nitrogens with one attached hydrogen (secondary N) is 1. The summed E-state index contributed by atoms with van der Waals surface area (Å²) in [6, 6.07) is 5.32. The molecule has 2 aromatic rings. The van der Waals surface area contributed by atoms with Gasteiger partial charge in [0.25, 0.3) is 0 Å². The van der Waals surface area contributed by atoms with Gasteiger partial charge in [-0.25, -0.2) is 0 Å². The molecule has 1 saturated carbocycles. The quantitative estimate of drug-likeness (QED) is 0.854. The highest BCUT2D eigenvalue weighted by Gasteiger charge is 2.47. The first-order valence-corrected chi connectivity index (χ1v) is 10.5. The Hall–Kier alpha value is -2.38. The lowest BCUT2D eigenvalue weighted by molar-refractivity contribution is 0.134. The van der Waals surface area contributed by atoms with Crippen molar-refractivity contribution in [1.29, 1.82) is 0 Å². The first-order chi connectivity index (χ1) is 14.3. The van der Waals surface area contributed by atoms with Crippen molar-refractivity contribution in [3.05, 3.63) is 42.5 Å². The molecule has 1 N–H and O–H groups in total. The summed E-state index contributed by atoms with van der Waals surface area (Å²) in [4.78, 5) is 13.8. The predicted octanol–water partition coefficient (Wildman–Crippen LogP) is 2.60. The third-order valence-corrected chi connectivity index (χ3v) is 6.74. The van der Waals surface area contributed by atoms with Crippen LogP contribution in [-0.2, 0) is 0 Å². The van der Waals surface area contributed by atoms with Crippen LogP contribution in [0.15, 0.2) is 36.9 Å². The molecule has 4 unspecified atom stereocenters. The Morgan fingerprint density at radius 3 is 2.59 bits per heavy atom. The minimum absolute atomic E-state index is 0.231. The average Bonchev–Trinajstić information content (AvgIpc) is 3.17. The number of anilines is 1. The zero-order valence-electron chi connectivity index (χ0n) is 17.1. The maximum absolute atomic E-state index is 5.39. The fourth-order valence-electron chi connectivity index (χ4n) is 5.32. The van der Waals surface area contributed by atoms with Crippen LogP contribution in [-0.4, -0.2) is 60.6 Å². The standard InChI is InChI=1S/C22H29N5O2/c1-28-18-8-16(11-23-13-18)15-4-5-21-20(9-15)25-22-26(6-3-7-27(21)22)17-10-19(29-2)14-24-12-17/h8,10-15,20-22,25H,3-7,9H2,1-2H3. The maximum Gasteiger partial charge on any atom is 0.139 e. The smallest absolute Gasteiger partial charge is 0.139 e. The number of rotatable bonds is 4. The van der Waals surface area contributed by atoms with Crippen molar-refractivity contribution < 1.29 is 9.47 Å². The van der Waals surface area contributed by atoms with Crippen LogP contribution in [0.25, 0.3) is 0 Å². The Kier molecular flexibility index (Phi) is 5.01. The van der Waals surface area contributed by atoms with Crippen molar-refractivity contribution in [1.82, 2.24) is 20.2 Å². The summed E-state index contributed by atoms with van der Waals surface area (Å²) in [7, 11) is 3.40. The highest BCUT2D eigenvalue weighted by molar-refractivity contribution is 5.49. The van der Waals surface area contributed by atoms with Gasteiger partial charge in [-0.2, -0.15) is 0 Å². The molecule has 3 fully saturated rings. The third-order valence-electron chi connectivity index (χ3n) is 6.74. The Balaban J connectivity index is 1.35. The van der Waals surface area contributed by atoms with Crippen molar-refractivity contribution >= 4 is 5.69 Å². The molecule has 0 radical (unpaired) electrons. The summed E-state index contributed by atoms with van der Waals surface area (Å²) in [6.07, 6.45) is 12.4. The van der Waals surface area contributed by atoms with Crippen molar-refractivity contribution in [2.45, 2.75) is 50.0 Å². The van der Waals surface area contributed by atoms with E-state index in [9.17, 15) is 0 Å². The van der Waals surface area contributed by atoms with E-state index in [1.54, 1.807) is 26.6 Å². The van der Waals surface area contributed by atoms with E-state index in [0.717, 1.165) is 36.7 Å². The molecule has 154 valence electrons. The molecule has 2 saturated heterocycles. The number of nitrogens with zero attached hydrogens (tertiary/aromatic N) is 4. The van der Waals surface area contributed by atoms with E-state index in [2.05, 4.69) is 37.2 Å². The summed E-state index contributed by atoms with van der Waals surface area (Å²) in [5.74, 6) is 2.18. The average molecular weight is 396 g/mol. The number of pyridine rings is 2. The highest BCUT2D eigenvalue weighted by Crippen LogP contribution is 2.41. The fraction of sp³-hybridized carbons (Fsp3) is 0.545. The summed E-state index contributed by atoms with van der Waals surface area (Å²) >= 11 is 0. The van der Waals surface area contributed by atoms with Gasteiger partial charge in [-0.3, -0.25) is 20.2 Å². The number of methoxy groups -OCH3 is 2. The molecule has 2 aromatic heterocycles. The van der Waals surface area contributed by atoms with Crippen LogP contribution >= 0.6 is 0 Å². The second kappa shape index (κ2) is 7.80. The molecule has 29 heavy (non-hydrogen) atoms. The predicted molar refractivity (Wildman–Crippen MR) is 111 cm³/mol. The van der Waals surface area contributed by atoms with Crippen LogP contribution < -0.4 is 19.7 Å². The molecule has 0 amide bonds. The van der Waals surface area contributed by atoms with E-state index in [4.69, 9.17) is 9.47 Å². The minimum atomic E-state index is 0.231. The SMILES string of the molecule is COc1cncc(C2CCC3C(C2)NC2N(c4cncc(OC)c4)CCCN32)c1. The van der Waals surface area contributed by atoms with E-state index in [1.807, 2.05) is 12.4 Å². The summed E-state index contributed by atoms with van der Waals surface area (Å²) < 4.78 is 10.8. The van der Waals surface area contributed by atoms with Gasteiger partial charge in [-0.05, 0) is 43.2 Å². The molecule has 0 spiro atoms. The maximum atomic E-state index is 5.39. The summed E-state index contributed by atoms with van der Waals surface area (Å²) in [5, 5.41) is 3.94. The van der Waals surface area contributed by atoms with Gasteiger partial charge in [-0.1, -0.05) is 0 Å². The van der Waals surface area contributed by atoms with Crippen LogP contribution in [0.3, 0.4) is 0 Å². The zero-order chi connectivity index (χ0) is 19.8. The van der Waals surface area contributed by atoms with Gasteiger partial charge in [0.05, 0.1) is 38.5 Å². The largest absolute Gasteiger partial charge is 0.495 e. The second-order valence-electron chi connectivity index (χ2n) is 8.25. The van der Waals surface area contributed by atoms with Gasteiger partial charge in [0.2, 0.25) is 0 Å². The molecule has 5 rings (SSSR count). The molecular formula is C22H29N5O2. The van der Waals surface area contributed by atoms with Gasteiger partial charge in [0, 0.05) is 37.4 Å².